The lowest BCUT2D eigenvalue weighted by Crippen LogP contribution is -2.06. The molecule has 0 amide bonds. The molecule has 10 aromatic rings. The Morgan fingerprint density at radius 2 is 1.04 bits per heavy atom. The maximum Gasteiger partial charge on any atom is 0.238 e. The fourth-order valence-electron chi connectivity index (χ4n) is 7.77. The Kier molecular flexibility index (Phi) is 5.05. The van der Waals surface area contributed by atoms with Crippen molar-refractivity contribution in [3.05, 3.63) is 146 Å². The molecule has 5 heteroatoms. The second-order valence-electron chi connectivity index (χ2n) is 12.4. The summed E-state index contributed by atoms with van der Waals surface area (Å²) >= 11 is 0. The van der Waals surface area contributed by atoms with Gasteiger partial charge in [-0.05, 0) is 51.2 Å². The lowest BCUT2D eigenvalue weighted by atomic mass is 9.93. The zero-order chi connectivity index (χ0) is 31.3. The molecule has 0 aliphatic heterocycles. The van der Waals surface area contributed by atoms with E-state index in [-0.39, 0.29) is 0 Å². The van der Waals surface area contributed by atoms with Crippen LogP contribution in [0.3, 0.4) is 0 Å². The van der Waals surface area contributed by atoms with Crippen LogP contribution in [0.2, 0.25) is 0 Å². The molecule has 0 unspecified atom stereocenters. The molecule has 7 aromatic carbocycles. The molecule has 11 rings (SSSR count). The first-order chi connectivity index (χ1) is 23.8. The highest BCUT2D eigenvalue weighted by molar-refractivity contribution is 6.32. The normalized spacial score (nSPS) is 12.2. The predicted octanol–water partition coefficient (Wildman–Crippen LogP) is 11.0. The summed E-state index contributed by atoms with van der Waals surface area (Å²) in [7, 11) is 0. The van der Waals surface area contributed by atoms with E-state index >= 15 is 0 Å². The van der Waals surface area contributed by atoms with E-state index in [4.69, 9.17) is 19.4 Å². The fourth-order valence-corrected chi connectivity index (χ4v) is 7.77. The summed E-state index contributed by atoms with van der Waals surface area (Å²) in [5.74, 6) is 1.80. The van der Waals surface area contributed by atoms with E-state index in [1.807, 2.05) is 60.7 Å². The monoisotopic (exact) mass is 612 g/mol. The number of fused-ring (bicyclic) bond motifs is 6. The van der Waals surface area contributed by atoms with Gasteiger partial charge >= 0.3 is 0 Å². The fraction of sp³-hybridized carbons (Fsp3) is 0. The number of para-hydroxylation sites is 1. The predicted molar refractivity (Wildman–Crippen MR) is 194 cm³/mol. The van der Waals surface area contributed by atoms with Gasteiger partial charge in [-0.25, -0.2) is 4.98 Å². The van der Waals surface area contributed by atoms with Crippen LogP contribution in [-0.4, -0.2) is 19.5 Å². The third-order valence-corrected chi connectivity index (χ3v) is 9.78. The molecule has 3 heterocycles. The van der Waals surface area contributed by atoms with Crippen LogP contribution >= 0.6 is 0 Å². The number of hydrogen-bond acceptors (Lipinski definition) is 4. The lowest BCUT2D eigenvalue weighted by molar-refractivity contribution is 0.673. The van der Waals surface area contributed by atoms with E-state index in [2.05, 4.69) is 89.5 Å². The van der Waals surface area contributed by atoms with Gasteiger partial charge in [0.1, 0.15) is 11.2 Å². The second-order valence-corrected chi connectivity index (χ2v) is 12.4. The molecule has 1 aliphatic carbocycles. The molecule has 0 atom stereocenters. The van der Waals surface area contributed by atoms with Gasteiger partial charge in [-0.2, -0.15) is 9.97 Å². The summed E-state index contributed by atoms with van der Waals surface area (Å²) in [6, 6.07) is 50.7. The maximum atomic E-state index is 6.91. The summed E-state index contributed by atoms with van der Waals surface area (Å²) in [6.45, 7) is 0. The Labute approximate surface area is 274 Å². The molecule has 5 nitrogen and oxygen atoms in total. The summed E-state index contributed by atoms with van der Waals surface area (Å²) in [5, 5.41) is 6.91. The minimum Gasteiger partial charge on any atom is -0.455 e. The van der Waals surface area contributed by atoms with Crippen LogP contribution in [0, 0.1) is 0 Å². The third-order valence-electron chi connectivity index (χ3n) is 9.78. The topological polar surface area (TPSA) is 56.7 Å². The Morgan fingerprint density at radius 3 is 1.75 bits per heavy atom. The van der Waals surface area contributed by atoms with Crippen LogP contribution in [0.1, 0.15) is 0 Å². The average molecular weight is 613 g/mol. The molecule has 0 radical (unpaired) electrons. The largest absolute Gasteiger partial charge is 0.455 e. The van der Waals surface area contributed by atoms with Crippen LogP contribution in [0.4, 0.5) is 0 Å². The molecule has 1 aliphatic rings. The van der Waals surface area contributed by atoms with Crippen LogP contribution in [0.5, 0.6) is 0 Å². The van der Waals surface area contributed by atoms with E-state index in [0.29, 0.717) is 17.6 Å². The SMILES string of the molecule is c1ccc(-c2nc(-c3ccccc3)nc(-n3c4ccccc4c4c5oc6cccc7c6c5c(cc43)-c3cccc4cccc-7c34)n2)cc1. The number of furan rings is 1. The maximum absolute atomic E-state index is 6.91. The van der Waals surface area contributed by atoms with Crippen LogP contribution in [0.15, 0.2) is 150 Å². The van der Waals surface area contributed by atoms with Gasteiger partial charge in [0.2, 0.25) is 5.95 Å². The third kappa shape index (κ3) is 3.42. The Bertz CT molecular complexity index is 2880. The highest BCUT2D eigenvalue weighted by atomic mass is 16.3. The van der Waals surface area contributed by atoms with Gasteiger partial charge in [0.15, 0.2) is 11.6 Å². The van der Waals surface area contributed by atoms with Crippen molar-refractivity contribution >= 4 is 54.5 Å². The van der Waals surface area contributed by atoms with E-state index < -0.39 is 0 Å². The highest BCUT2D eigenvalue weighted by Crippen LogP contribution is 2.52. The van der Waals surface area contributed by atoms with Gasteiger partial charge in [-0.15, -0.1) is 0 Å². The summed E-state index contributed by atoms with van der Waals surface area (Å²) < 4.78 is 9.10. The molecule has 3 aromatic heterocycles. The first-order valence-corrected chi connectivity index (χ1v) is 16.1. The number of aromatic nitrogens is 4. The standard InChI is InChI=1S/C43H24N4O/c1-3-12-26(13-4-1)41-44-42(27-14-5-2-6-15-27)46-43(45-41)47-33-22-8-7-18-31(33)37-34(47)24-32-30-20-10-17-25-16-9-19-28(36(25)30)29-21-11-23-35-38(29)39(32)40(37)48-35/h1-24H. The van der Waals surface area contributed by atoms with Crippen molar-refractivity contribution in [1.29, 1.82) is 0 Å². The summed E-state index contributed by atoms with van der Waals surface area (Å²) in [5.41, 5.74) is 10.4. The van der Waals surface area contributed by atoms with Crippen LogP contribution < -0.4 is 0 Å². The molecule has 0 saturated heterocycles. The van der Waals surface area contributed by atoms with Crippen molar-refractivity contribution < 1.29 is 4.42 Å². The van der Waals surface area contributed by atoms with Gasteiger partial charge in [0, 0.05) is 27.3 Å². The van der Waals surface area contributed by atoms with Gasteiger partial charge in [-0.1, -0.05) is 127 Å². The Morgan fingerprint density at radius 1 is 0.438 bits per heavy atom. The van der Waals surface area contributed by atoms with Gasteiger partial charge in [0.05, 0.1) is 16.4 Å². The first-order valence-electron chi connectivity index (χ1n) is 16.1. The van der Waals surface area contributed by atoms with Crippen molar-refractivity contribution in [3.63, 3.8) is 0 Å². The first kappa shape index (κ1) is 25.6. The lowest BCUT2D eigenvalue weighted by Gasteiger charge is -2.13. The number of nitrogens with zero attached hydrogens (tertiary/aromatic N) is 4. The highest BCUT2D eigenvalue weighted by Gasteiger charge is 2.28. The second kappa shape index (κ2) is 9.47. The summed E-state index contributed by atoms with van der Waals surface area (Å²) in [4.78, 5) is 15.3. The molecule has 0 saturated carbocycles. The van der Waals surface area contributed by atoms with Crippen molar-refractivity contribution in [1.82, 2.24) is 19.5 Å². The minimum atomic E-state index is 0.560. The van der Waals surface area contributed by atoms with Crippen LogP contribution in [-0.2, 0) is 0 Å². The average Bonchev–Trinajstić information content (AvgIpc) is 3.67. The van der Waals surface area contributed by atoms with Gasteiger partial charge < -0.3 is 4.42 Å². The molecular weight excluding hydrogens is 589 g/mol. The molecule has 0 fully saturated rings. The van der Waals surface area contributed by atoms with Gasteiger partial charge in [-0.3, -0.25) is 4.57 Å². The minimum absolute atomic E-state index is 0.560. The summed E-state index contributed by atoms with van der Waals surface area (Å²) in [6.07, 6.45) is 0. The van der Waals surface area contributed by atoms with E-state index in [0.717, 1.165) is 60.4 Å². The van der Waals surface area contributed by atoms with E-state index in [1.54, 1.807) is 0 Å². The molecule has 222 valence electrons. The van der Waals surface area contributed by atoms with E-state index in [9.17, 15) is 0 Å². The molecular formula is C43H24N4O. The molecule has 0 bridgehead atoms. The molecule has 0 spiro atoms. The zero-order valence-electron chi connectivity index (χ0n) is 25.6. The Balaban J connectivity index is 1.33. The van der Waals surface area contributed by atoms with Gasteiger partial charge in [0.25, 0.3) is 0 Å². The van der Waals surface area contributed by atoms with Crippen molar-refractivity contribution in [3.8, 4) is 51.0 Å². The zero-order valence-corrected chi connectivity index (χ0v) is 25.6. The van der Waals surface area contributed by atoms with E-state index in [1.165, 1.54) is 27.5 Å². The quantitative estimate of drug-likeness (QED) is 0.199. The van der Waals surface area contributed by atoms with Crippen molar-refractivity contribution in [2.24, 2.45) is 0 Å². The number of hydrogen-bond donors (Lipinski definition) is 0. The van der Waals surface area contributed by atoms with Crippen molar-refractivity contribution in [2.75, 3.05) is 0 Å². The Hall–Kier alpha value is -6.59. The smallest absolute Gasteiger partial charge is 0.238 e. The number of rotatable bonds is 3. The number of benzene rings is 7. The molecule has 0 N–H and O–H groups in total. The molecule has 48 heavy (non-hydrogen) atoms. The van der Waals surface area contributed by atoms with Crippen LogP contribution in [0.25, 0.3) is 105 Å². The van der Waals surface area contributed by atoms with Crippen molar-refractivity contribution in [2.45, 2.75) is 0 Å².